The minimum atomic E-state index is -2.58. The van der Waals surface area contributed by atoms with Crippen LogP contribution >= 0.6 is 0 Å². The highest BCUT2D eigenvalue weighted by molar-refractivity contribution is 5.92. The second-order valence-corrected chi connectivity index (χ2v) is 4.20. The van der Waals surface area contributed by atoms with Gasteiger partial charge in [-0.3, -0.25) is 4.79 Å². The van der Waals surface area contributed by atoms with Crippen LogP contribution in [0.25, 0.3) is 0 Å². The highest BCUT2D eigenvalue weighted by Crippen LogP contribution is 2.27. The Morgan fingerprint density at radius 1 is 1.44 bits per heavy atom. The smallest absolute Gasteiger partial charge is 0.248 e. The van der Waals surface area contributed by atoms with Crippen LogP contribution < -0.4 is 5.32 Å². The number of amides is 1. The molecule has 1 saturated heterocycles. The maximum Gasteiger partial charge on any atom is 0.248 e. The van der Waals surface area contributed by atoms with Gasteiger partial charge in [-0.1, -0.05) is 6.58 Å². The maximum atomic E-state index is 11.4. The van der Waals surface area contributed by atoms with E-state index in [0.29, 0.717) is 0 Å². The van der Waals surface area contributed by atoms with Crippen LogP contribution in [0.15, 0.2) is 12.2 Å². The first-order valence-electron chi connectivity index (χ1n) is 5.25. The van der Waals surface area contributed by atoms with Crippen molar-refractivity contribution in [3.8, 4) is 0 Å². The number of ether oxygens (including phenoxy) is 1. The number of rotatable bonds is 3. The van der Waals surface area contributed by atoms with E-state index in [1.54, 1.807) is 0 Å². The van der Waals surface area contributed by atoms with Crippen LogP contribution in [-0.2, 0) is 9.53 Å². The van der Waals surface area contributed by atoms with Gasteiger partial charge in [-0.05, 0) is 6.92 Å². The van der Waals surface area contributed by atoms with Gasteiger partial charge in [-0.2, -0.15) is 0 Å². The molecule has 8 nitrogen and oxygen atoms in total. The zero-order valence-electron chi connectivity index (χ0n) is 9.78. The van der Waals surface area contributed by atoms with Gasteiger partial charge in [0.1, 0.15) is 18.3 Å². The molecule has 104 valence electrons. The van der Waals surface area contributed by atoms with E-state index in [4.69, 9.17) is 9.84 Å². The summed E-state index contributed by atoms with van der Waals surface area (Å²) in [5.41, 5.74) is -2.55. The van der Waals surface area contributed by atoms with Crippen LogP contribution in [0, 0.1) is 0 Å². The minimum Gasteiger partial charge on any atom is -0.394 e. The summed E-state index contributed by atoms with van der Waals surface area (Å²) in [6.45, 7) is 4.01. The largest absolute Gasteiger partial charge is 0.394 e. The fraction of sp³-hybridized carbons (Fsp3) is 0.700. The molecule has 0 radical (unpaired) electrons. The molecule has 1 heterocycles. The predicted molar refractivity (Wildman–Crippen MR) is 57.9 cm³/mol. The minimum absolute atomic E-state index is 0.0293. The van der Waals surface area contributed by atoms with E-state index < -0.39 is 42.8 Å². The molecule has 6 N–H and O–H groups in total. The van der Waals surface area contributed by atoms with Crippen LogP contribution in [0.4, 0.5) is 0 Å². The standard InChI is InChI=1S/C10H17NO7/c1-4(2)8(15)11-10(17)7(14)6(13)5(3-12)18-9(10)16/h5-7,9,12-14,16-17H,1,3H2,2H3,(H,11,15)/t5-,6-,7+,9?,10-/m1/s1. The van der Waals surface area contributed by atoms with Crippen molar-refractivity contribution in [3.05, 3.63) is 12.2 Å². The molecular weight excluding hydrogens is 246 g/mol. The van der Waals surface area contributed by atoms with E-state index in [0.717, 1.165) is 0 Å². The SMILES string of the molecule is C=C(C)C(=O)N[C@]1(O)C(O)O[C@H](CO)[C@@H](O)[C@@H]1O. The summed E-state index contributed by atoms with van der Waals surface area (Å²) in [6.07, 6.45) is -6.87. The molecule has 0 aliphatic carbocycles. The first-order valence-corrected chi connectivity index (χ1v) is 5.25. The Bertz CT molecular complexity index is 347. The molecule has 1 rings (SSSR count). The van der Waals surface area contributed by atoms with Crippen LogP contribution in [0.3, 0.4) is 0 Å². The molecule has 5 atom stereocenters. The van der Waals surface area contributed by atoms with Crippen molar-refractivity contribution in [1.82, 2.24) is 5.32 Å². The fourth-order valence-corrected chi connectivity index (χ4v) is 1.53. The summed E-state index contributed by atoms with van der Waals surface area (Å²) in [5.74, 6) is -0.825. The van der Waals surface area contributed by atoms with Gasteiger partial charge in [0.15, 0.2) is 0 Å². The lowest BCUT2D eigenvalue weighted by molar-refractivity contribution is -0.335. The Morgan fingerprint density at radius 2 is 2.00 bits per heavy atom. The zero-order valence-corrected chi connectivity index (χ0v) is 9.78. The van der Waals surface area contributed by atoms with Gasteiger partial charge in [-0.15, -0.1) is 0 Å². The quantitative estimate of drug-likeness (QED) is 0.233. The van der Waals surface area contributed by atoms with Gasteiger partial charge >= 0.3 is 0 Å². The lowest BCUT2D eigenvalue weighted by Crippen LogP contribution is -2.73. The highest BCUT2D eigenvalue weighted by atomic mass is 16.6. The van der Waals surface area contributed by atoms with Crippen LogP contribution in [-0.4, -0.2) is 68.4 Å². The number of hydrogen-bond acceptors (Lipinski definition) is 7. The third kappa shape index (κ3) is 2.53. The number of carbonyl (C=O) groups is 1. The lowest BCUT2D eigenvalue weighted by atomic mass is 9.93. The molecule has 0 saturated carbocycles. The third-order valence-corrected chi connectivity index (χ3v) is 2.72. The molecule has 1 amide bonds. The molecule has 8 heteroatoms. The molecule has 1 fully saturated rings. The number of nitrogens with one attached hydrogen (secondary N) is 1. The average Bonchev–Trinajstić information content (AvgIpc) is 2.31. The first kappa shape index (κ1) is 15.0. The molecule has 18 heavy (non-hydrogen) atoms. The van der Waals surface area contributed by atoms with Gasteiger partial charge in [-0.25, -0.2) is 0 Å². The Balaban J connectivity index is 2.92. The molecule has 0 bridgehead atoms. The lowest BCUT2D eigenvalue weighted by Gasteiger charge is -2.45. The predicted octanol–water partition coefficient (Wildman–Crippen LogP) is -3.20. The second kappa shape index (κ2) is 5.31. The van der Waals surface area contributed by atoms with E-state index in [-0.39, 0.29) is 5.57 Å². The Kier molecular flexibility index (Phi) is 4.43. The number of hydrogen-bond donors (Lipinski definition) is 6. The number of aliphatic hydroxyl groups is 5. The van der Waals surface area contributed by atoms with Crippen molar-refractivity contribution in [1.29, 1.82) is 0 Å². The van der Waals surface area contributed by atoms with Gasteiger partial charge in [0, 0.05) is 5.57 Å². The molecule has 0 aromatic rings. The van der Waals surface area contributed by atoms with Gasteiger partial charge < -0.3 is 35.6 Å². The summed E-state index contributed by atoms with van der Waals surface area (Å²) in [7, 11) is 0. The summed E-state index contributed by atoms with van der Waals surface area (Å²) in [5, 5.41) is 49.6. The molecule has 1 aliphatic heterocycles. The molecule has 0 aromatic heterocycles. The maximum absolute atomic E-state index is 11.4. The van der Waals surface area contributed by atoms with Crippen molar-refractivity contribution in [2.75, 3.05) is 6.61 Å². The van der Waals surface area contributed by atoms with Crippen LogP contribution in [0.1, 0.15) is 6.92 Å². The fourth-order valence-electron chi connectivity index (χ4n) is 1.53. The Labute approximate surface area is 103 Å². The highest BCUT2D eigenvalue weighted by Gasteiger charge is 2.55. The van der Waals surface area contributed by atoms with Gasteiger partial charge in [0.05, 0.1) is 6.61 Å². The summed E-state index contributed by atoms with van der Waals surface area (Å²) in [6, 6.07) is 0. The molecular formula is C10H17NO7. The summed E-state index contributed by atoms with van der Waals surface area (Å²) >= 11 is 0. The topological polar surface area (TPSA) is 139 Å². The molecule has 0 spiro atoms. The third-order valence-electron chi connectivity index (χ3n) is 2.72. The Hall–Kier alpha value is -1.03. The first-order chi connectivity index (χ1) is 8.24. The van der Waals surface area contributed by atoms with Crippen molar-refractivity contribution >= 4 is 5.91 Å². The van der Waals surface area contributed by atoms with E-state index in [9.17, 15) is 25.2 Å². The van der Waals surface area contributed by atoms with E-state index >= 15 is 0 Å². The van der Waals surface area contributed by atoms with Gasteiger partial charge in [0.2, 0.25) is 17.9 Å². The van der Waals surface area contributed by atoms with Gasteiger partial charge in [0.25, 0.3) is 0 Å². The van der Waals surface area contributed by atoms with E-state index in [2.05, 4.69) is 6.58 Å². The van der Waals surface area contributed by atoms with Crippen molar-refractivity contribution in [2.45, 2.75) is 37.3 Å². The van der Waals surface area contributed by atoms with E-state index in [1.807, 2.05) is 5.32 Å². The summed E-state index contributed by atoms with van der Waals surface area (Å²) in [4.78, 5) is 11.4. The molecule has 0 aromatic carbocycles. The van der Waals surface area contributed by atoms with Crippen molar-refractivity contribution in [2.24, 2.45) is 0 Å². The normalized spacial score (nSPS) is 40.3. The average molecular weight is 263 g/mol. The number of aliphatic hydroxyl groups excluding tert-OH is 4. The van der Waals surface area contributed by atoms with Crippen LogP contribution in [0.5, 0.6) is 0 Å². The Morgan fingerprint density at radius 3 is 2.44 bits per heavy atom. The zero-order chi connectivity index (χ0) is 14.1. The summed E-state index contributed by atoms with van der Waals surface area (Å²) < 4.78 is 4.72. The van der Waals surface area contributed by atoms with E-state index in [1.165, 1.54) is 6.92 Å². The molecule has 1 aliphatic rings. The van der Waals surface area contributed by atoms with Crippen molar-refractivity contribution in [3.63, 3.8) is 0 Å². The molecule has 1 unspecified atom stereocenters. The van der Waals surface area contributed by atoms with Crippen molar-refractivity contribution < 1.29 is 35.1 Å². The second-order valence-electron chi connectivity index (χ2n) is 4.20. The number of carbonyl (C=O) groups excluding carboxylic acids is 1. The monoisotopic (exact) mass is 263 g/mol. The van der Waals surface area contributed by atoms with Crippen LogP contribution in [0.2, 0.25) is 0 Å².